The number of aromatic nitrogens is 2. The van der Waals surface area contributed by atoms with Crippen molar-refractivity contribution in [2.45, 2.75) is 0 Å². The van der Waals surface area contributed by atoms with Gasteiger partial charge < -0.3 is 15.8 Å². The van der Waals surface area contributed by atoms with Crippen molar-refractivity contribution >= 4 is 17.3 Å². The normalized spacial score (nSPS) is 9.83. The zero-order chi connectivity index (χ0) is 13.0. The Balaban J connectivity index is 2.27. The Morgan fingerprint density at radius 1 is 1.33 bits per heavy atom. The standard InChI is InChI=1S/C12H12N4O2/c1-18-11-9(3-2-4-10(11)13)12(17)16-8-5-14-7-15-6-8/h2-7H,13H2,1H3,(H,16,17). The van der Waals surface area contributed by atoms with Gasteiger partial charge in [-0.1, -0.05) is 6.07 Å². The van der Waals surface area contributed by atoms with Crippen molar-refractivity contribution in [1.29, 1.82) is 0 Å². The van der Waals surface area contributed by atoms with Crippen LogP contribution >= 0.6 is 0 Å². The molecule has 2 aromatic rings. The number of para-hydroxylation sites is 1. The lowest BCUT2D eigenvalue weighted by Crippen LogP contribution is -2.14. The minimum Gasteiger partial charge on any atom is -0.494 e. The average molecular weight is 244 g/mol. The molecular formula is C12H12N4O2. The van der Waals surface area contributed by atoms with E-state index in [-0.39, 0.29) is 5.91 Å². The van der Waals surface area contributed by atoms with Gasteiger partial charge in [0.15, 0.2) is 5.75 Å². The second-order valence-electron chi connectivity index (χ2n) is 3.51. The van der Waals surface area contributed by atoms with Crippen molar-refractivity contribution in [3.05, 3.63) is 42.5 Å². The summed E-state index contributed by atoms with van der Waals surface area (Å²) in [6.07, 6.45) is 4.39. The summed E-state index contributed by atoms with van der Waals surface area (Å²) in [4.78, 5) is 19.7. The molecule has 0 spiro atoms. The summed E-state index contributed by atoms with van der Waals surface area (Å²) in [5.74, 6) is 0.0285. The first-order valence-corrected chi connectivity index (χ1v) is 5.21. The summed E-state index contributed by atoms with van der Waals surface area (Å²) >= 11 is 0. The summed E-state index contributed by atoms with van der Waals surface area (Å²) < 4.78 is 5.12. The number of carbonyl (C=O) groups is 1. The van der Waals surface area contributed by atoms with E-state index in [2.05, 4.69) is 15.3 Å². The summed E-state index contributed by atoms with van der Waals surface area (Å²) in [5.41, 5.74) is 7.01. The zero-order valence-corrected chi connectivity index (χ0v) is 9.75. The highest BCUT2D eigenvalue weighted by atomic mass is 16.5. The van der Waals surface area contributed by atoms with Gasteiger partial charge in [0.25, 0.3) is 5.91 Å². The van der Waals surface area contributed by atoms with E-state index in [1.54, 1.807) is 18.2 Å². The predicted octanol–water partition coefficient (Wildman–Crippen LogP) is 1.32. The lowest BCUT2D eigenvalue weighted by Gasteiger charge is -2.10. The number of nitrogen functional groups attached to an aromatic ring is 1. The molecule has 18 heavy (non-hydrogen) atoms. The van der Waals surface area contributed by atoms with Crippen molar-refractivity contribution in [1.82, 2.24) is 9.97 Å². The van der Waals surface area contributed by atoms with Gasteiger partial charge in [-0.05, 0) is 12.1 Å². The van der Waals surface area contributed by atoms with E-state index < -0.39 is 0 Å². The number of hydrogen-bond donors (Lipinski definition) is 2. The Bertz CT molecular complexity index is 557. The number of hydrogen-bond acceptors (Lipinski definition) is 5. The van der Waals surface area contributed by atoms with Gasteiger partial charge in [0, 0.05) is 0 Å². The summed E-state index contributed by atoms with van der Waals surface area (Å²) in [5, 5.41) is 2.66. The van der Waals surface area contributed by atoms with E-state index in [0.717, 1.165) is 0 Å². The predicted molar refractivity (Wildman–Crippen MR) is 67.4 cm³/mol. The monoisotopic (exact) mass is 244 g/mol. The third-order valence-corrected chi connectivity index (χ3v) is 2.31. The molecule has 1 heterocycles. The van der Waals surface area contributed by atoms with Gasteiger partial charge in [-0.2, -0.15) is 0 Å². The fraction of sp³-hybridized carbons (Fsp3) is 0.0833. The number of nitrogens with zero attached hydrogens (tertiary/aromatic N) is 2. The fourth-order valence-corrected chi connectivity index (χ4v) is 1.52. The Labute approximate surface area is 104 Å². The highest BCUT2D eigenvalue weighted by Crippen LogP contribution is 2.26. The second-order valence-corrected chi connectivity index (χ2v) is 3.51. The van der Waals surface area contributed by atoms with E-state index >= 15 is 0 Å². The molecule has 0 saturated carbocycles. The van der Waals surface area contributed by atoms with Gasteiger partial charge in [-0.15, -0.1) is 0 Å². The van der Waals surface area contributed by atoms with Gasteiger partial charge in [0.2, 0.25) is 0 Å². The Hall–Kier alpha value is -2.63. The summed E-state index contributed by atoms with van der Waals surface area (Å²) in [6, 6.07) is 4.99. The molecule has 0 radical (unpaired) electrons. The Morgan fingerprint density at radius 2 is 2.06 bits per heavy atom. The van der Waals surface area contributed by atoms with Crippen LogP contribution in [0.15, 0.2) is 36.9 Å². The van der Waals surface area contributed by atoms with Crippen LogP contribution in [0.1, 0.15) is 10.4 Å². The first kappa shape index (κ1) is 11.8. The number of methoxy groups -OCH3 is 1. The molecule has 6 nitrogen and oxygen atoms in total. The van der Waals surface area contributed by atoms with Gasteiger partial charge in [-0.3, -0.25) is 4.79 Å². The van der Waals surface area contributed by atoms with Crippen LogP contribution in [0, 0.1) is 0 Å². The zero-order valence-electron chi connectivity index (χ0n) is 9.75. The molecule has 0 atom stereocenters. The molecule has 1 aromatic carbocycles. The van der Waals surface area contributed by atoms with E-state index in [9.17, 15) is 4.79 Å². The maximum absolute atomic E-state index is 12.0. The van der Waals surface area contributed by atoms with E-state index in [1.165, 1.54) is 25.8 Å². The summed E-state index contributed by atoms with van der Waals surface area (Å²) in [7, 11) is 1.47. The van der Waals surface area contributed by atoms with Gasteiger partial charge in [0.05, 0.1) is 36.4 Å². The maximum Gasteiger partial charge on any atom is 0.259 e. The Morgan fingerprint density at radius 3 is 2.72 bits per heavy atom. The molecule has 2 rings (SSSR count). The number of anilines is 2. The van der Waals surface area contributed by atoms with Crippen molar-refractivity contribution in [3.63, 3.8) is 0 Å². The van der Waals surface area contributed by atoms with Gasteiger partial charge in [-0.25, -0.2) is 9.97 Å². The quantitative estimate of drug-likeness (QED) is 0.795. The van der Waals surface area contributed by atoms with Crippen LogP contribution in [-0.2, 0) is 0 Å². The lowest BCUT2D eigenvalue weighted by molar-refractivity contribution is 0.102. The molecular weight excluding hydrogens is 232 g/mol. The van der Waals surface area contributed by atoms with Crippen LogP contribution in [0.2, 0.25) is 0 Å². The van der Waals surface area contributed by atoms with Gasteiger partial charge in [0.1, 0.15) is 6.33 Å². The molecule has 0 bridgehead atoms. The summed E-state index contributed by atoms with van der Waals surface area (Å²) in [6.45, 7) is 0. The third kappa shape index (κ3) is 2.37. The highest BCUT2D eigenvalue weighted by Gasteiger charge is 2.14. The fourth-order valence-electron chi connectivity index (χ4n) is 1.52. The second kappa shape index (κ2) is 5.13. The smallest absolute Gasteiger partial charge is 0.259 e. The van der Waals surface area contributed by atoms with E-state index in [1.807, 2.05) is 0 Å². The topological polar surface area (TPSA) is 90.1 Å². The largest absolute Gasteiger partial charge is 0.494 e. The maximum atomic E-state index is 12.0. The van der Waals surface area contributed by atoms with Crippen LogP contribution in [0.25, 0.3) is 0 Å². The van der Waals surface area contributed by atoms with Crippen molar-refractivity contribution in [2.24, 2.45) is 0 Å². The number of carbonyl (C=O) groups excluding carboxylic acids is 1. The van der Waals surface area contributed by atoms with E-state index in [0.29, 0.717) is 22.7 Å². The number of amides is 1. The number of benzene rings is 1. The van der Waals surface area contributed by atoms with Crippen LogP contribution in [0.3, 0.4) is 0 Å². The molecule has 0 saturated heterocycles. The van der Waals surface area contributed by atoms with Crippen LogP contribution < -0.4 is 15.8 Å². The Kier molecular flexibility index (Phi) is 3.38. The lowest BCUT2D eigenvalue weighted by atomic mass is 10.1. The molecule has 0 aliphatic carbocycles. The van der Waals surface area contributed by atoms with Crippen molar-refractivity contribution in [2.75, 3.05) is 18.2 Å². The third-order valence-electron chi connectivity index (χ3n) is 2.31. The van der Waals surface area contributed by atoms with Crippen molar-refractivity contribution in [3.8, 4) is 5.75 Å². The highest BCUT2D eigenvalue weighted by molar-refractivity contribution is 6.07. The number of ether oxygens (including phenoxy) is 1. The molecule has 92 valence electrons. The molecule has 6 heteroatoms. The van der Waals surface area contributed by atoms with Crippen molar-refractivity contribution < 1.29 is 9.53 Å². The number of nitrogens with one attached hydrogen (secondary N) is 1. The molecule has 0 fully saturated rings. The molecule has 0 aliphatic heterocycles. The minimum atomic E-state index is -0.325. The first-order valence-electron chi connectivity index (χ1n) is 5.21. The van der Waals surface area contributed by atoms with Crippen LogP contribution in [0.5, 0.6) is 5.75 Å². The molecule has 0 unspecified atom stereocenters. The van der Waals surface area contributed by atoms with Crippen LogP contribution in [-0.4, -0.2) is 23.0 Å². The SMILES string of the molecule is COc1c(N)cccc1C(=O)Nc1cncnc1. The molecule has 1 amide bonds. The van der Waals surface area contributed by atoms with E-state index in [4.69, 9.17) is 10.5 Å². The van der Waals surface area contributed by atoms with Gasteiger partial charge >= 0.3 is 0 Å². The van der Waals surface area contributed by atoms with Crippen LogP contribution in [0.4, 0.5) is 11.4 Å². The first-order chi connectivity index (χ1) is 8.72. The molecule has 0 aliphatic rings. The number of nitrogens with two attached hydrogens (primary N) is 1. The molecule has 1 aromatic heterocycles. The number of rotatable bonds is 3. The minimum absolute atomic E-state index is 0.325. The average Bonchev–Trinajstić information content (AvgIpc) is 2.39. The molecule has 3 N–H and O–H groups in total.